The Hall–Kier alpha value is -1.43. The maximum atomic E-state index is 13.4. The number of unbranched alkanes of at least 4 members (excludes halogenated alkanes) is 3. The first-order chi connectivity index (χ1) is 17.6. The summed E-state index contributed by atoms with van der Waals surface area (Å²) in [6.07, 6.45) is 13.0. The van der Waals surface area contributed by atoms with Gasteiger partial charge in [-0.1, -0.05) is 64.3 Å². The molecule has 0 saturated heterocycles. The van der Waals surface area contributed by atoms with Gasteiger partial charge in [0.25, 0.3) is 0 Å². The van der Waals surface area contributed by atoms with Crippen molar-refractivity contribution in [3.63, 3.8) is 0 Å². The number of hydrogen-bond acceptors (Lipinski definition) is 6. The Morgan fingerprint density at radius 2 is 1.81 bits per heavy atom. The molecule has 4 aliphatic carbocycles. The highest BCUT2D eigenvalue weighted by Gasteiger charge is 2.62. The number of ketones is 2. The summed E-state index contributed by atoms with van der Waals surface area (Å²) in [5, 5.41) is 0.390. The van der Waals surface area contributed by atoms with Gasteiger partial charge in [0.15, 0.2) is 16.7 Å². The first-order valence-corrected chi connectivity index (χ1v) is 15.6. The van der Waals surface area contributed by atoms with Crippen LogP contribution in [0.3, 0.4) is 0 Å². The van der Waals surface area contributed by atoms with Crippen LogP contribution in [-0.4, -0.2) is 34.5 Å². The summed E-state index contributed by atoms with van der Waals surface area (Å²) in [6.45, 7) is 8.60. The van der Waals surface area contributed by atoms with Gasteiger partial charge >= 0.3 is 5.97 Å². The summed E-state index contributed by atoms with van der Waals surface area (Å²) in [4.78, 5) is 50.6. The molecule has 5 nitrogen and oxygen atoms in total. The Kier molecular flexibility index (Phi) is 9.08. The average Bonchev–Trinajstić information content (AvgIpc) is 3.23. The molecule has 0 aromatic rings. The third-order valence-electron chi connectivity index (χ3n) is 10.5. The molecule has 3 fully saturated rings. The smallest absolute Gasteiger partial charge is 0.306 e. The lowest BCUT2D eigenvalue weighted by Crippen LogP contribution is -2.55. The number of esters is 1. The molecule has 3 saturated carbocycles. The molecule has 6 heteroatoms. The van der Waals surface area contributed by atoms with Crippen LogP contribution in [0.5, 0.6) is 0 Å². The number of hydrogen-bond donors (Lipinski definition) is 0. The molecule has 0 spiro atoms. The third kappa shape index (κ3) is 5.65. The van der Waals surface area contributed by atoms with Gasteiger partial charge in [0.05, 0.1) is 0 Å². The molecule has 0 aromatic carbocycles. The molecule has 4 rings (SSSR count). The van der Waals surface area contributed by atoms with Crippen LogP contribution in [0, 0.1) is 34.5 Å². The summed E-state index contributed by atoms with van der Waals surface area (Å²) in [5.41, 5.74) is 1.15. The Bertz CT molecular complexity index is 940. The second-order valence-electron chi connectivity index (χ2n) is 12.5. The summed E-state index contributed by atoms with van der Waals surface area (Å²) < 4.78 is 5.44. The molecule has 0 amide bonds. The van der Waals surface area contributed by atoms with Gasteiger partial charge in [-0.15, -0.1) is 0 Å². The van der Waals surface area contributed by atoms with Crippen molar-refractivity contribution in [1.29, 1.82) is 0 Å². The molecule has 0 heterocycles. The number of carbonyl (C=O) groups is 4. The van der Waals surface area contributed by atoms with Crippen molar-refractivity contribution in [3.05, 3.63) is 11.6 Å². The van der Waals surface area contributed by atoms with Gasteiger partial charge in [0.2, 0.25) is 0 Å². The van der Waals surface area contributed by atoms with Crippen LogP contribution in [0.4, 0.5) is 0 Å². The lowest BCUT2D eigenvalue weighted by atomic mass is 9.46. The predicted octanol–water partition coefficient (Wildman–Crippen LogP) is 6.87. The van der Waals surface area contributed by atoms with Gasteiger partial charge in [-0.05, 0) is 79.6 Å². The van der Waals surface area contributed by atoms with E-state index < -0.39 is 0 Å². The molecular weight excluding hydrogens is 484 g/mol. The van der Waals surface area contributed by atoms with Gasteiger partial charge in [0.1, 0.15) is 6.61 Å². The van der Waals surface area contributed by atoms with E-state index in [2.05, 4.69) is 20.8 Å². The molecule has 0 unspecified atom stereocenters. The van der Waals surface area contributed by atoms with Gasteiger partial charge in [-0.2, -0.15) is 0 Å². The number of fused-ring (bicyclic) bond motifs is 5. The molecule has 0 bridgehead atoms. The second-order valence-corrected chi connectivity index (χ2v) is 13.8. The van der Waals surface area contributed by atoms with Gasteiger partial charge in [-0.25, -0.2) is 0 Å². The molecule has 37 heavy (non-hydrogen) atoms. The largest absolute Gasteiger partial charge is 0.458 e. The van der Waals surface area contributed by atoms with E-state index in [9.17, 15) is 19.2 Å². The highest BCUT2D eigenvalue weighted by molar-refractivity contribution is 8.14. The van der Waals surface area contributed by atoms with E-state index in [4.69, 9.17) is 4.74 Å². The van der Waals surface area contributed by atoms with Crippen LogP contribution < -0.4 is 0 Å². The van der Waals surface area contributed by atoms with Gasteiger partial charge in [0, 0.05) is 30.4 Å². The minimum atomic E-state index is -0.256. The SMILES string of the molecule is CCCCCCC(=O)OCC(=O)[C@H]1CC[C@H]2[C@@H]3[C@H](SC(=O)CC)CC4=CC(=O)CC[C@]4(C)[C@H]3CC[C@]12C. The average molecular weight is 531 g/mol. The van der Waals surface area contributed by atoms with Crippen LogP contribution in [0.2, 0.25) is 0 Å². The minimum absolute atomic E-state index is 0.0155. The van der Waals surface area contributed by atoms with E-state index in [1.807, 2.05) is 13.0 Å². The third-order valence-corrected chi connectivity index (χ3v) is 11.9. The molecule has 7 atom stereocenters. The standard InChI is InChI=1S/C31H46O5S/c1-5-7-8-9-10-27(34)36-19-25(33)22-11-12-23-29-24(14-16-31(22,23)4)30(3)15-13-21(32)17-20(30)18-26(29)37-28(35)6-2/h17,22-24,26,29H,5-16,18-19H2,1-4H3/t22-,23+,24+,26-,29+,30+,31-/m1/s1. The number of allylic oxidation sites excluding steroid dienone is 1. The number of carbonyl (C=O) groups excluding carboxylic acids is 4. The zero-order chi connectivity index (χ0) is 26.8. The molecule has 0 aliphatic heterocycles. The monoisotopic (exact) mass is 530 g/mol. The molecular formula is C31H46O5S. The molecule has 206 valence electrons. The van der Waals surface area contributed by atoms with E-state index in [-0.39, 0.29) is 51.3 Å². The number of rotatable bonds is 10. The van der Waals surface area contributed by atoms with Gasteiger partial charge < -0.3 is 4.74 Å². The van der Waals surface area contributed by atoms with Crippen LogP contribution in [0.1, 0.15) is 111 Å². The first-order valence-electron chi connectivity index (χ1n) is 14.8. The summed E-state index contributed by atoms with van der Waals surface area (Å²) >= 11 is 1.50. The highest BCUT2D eigenvalue weighted by atomic mass is 32.2. The van der Waals surface area contributed by atoms with Crippen molar-refractivity contribution in [2.45, 2.75) is 116 Å². The number of ether oxygens (including phenoxy) is 1. The normalized spacial score (nSPS) is 36.7. The zero-order valence-corrected chi connectivity index (χ0v) is 24.1. The fourth-order valence-electron chi connectivity index (χ4n) is 8.42. The number of thioether (sulfide) groups is 1. The summed E-state index contributed by atoms with van der Waals surface area (Å²) in [5.74, 6) is 1.14. The fraction of sp³-hybridized carbons (Fsp3) is 0.806. The quantitative estimate of drug-likeness (QED) is 0.227. The lowest BCUT2D eigenvalue weighted by molar-refractivity contribution is -0.151. The van der Waals surface area contributed by atoms with Crippen molar-refractivity contribution < 1.29 is 23.9 Å². The molecule has 0 N–H and O–H groups in total. The van der Waals surface area contributed by atoms with E-state index >= 15 is 0 Å². The molecule has 0 radical (unpaired) electrons. The van der Waals surface area contributed by atoms with E-state index in [1.165, 1.54) is 17.3 Å². The van der Waals surface area contributed by atoms with Crippen LogP contribution in [0.25, 0.3) is 0 Å². The van der Waals surface area contributed by atoms with Crippen LogP contribution in [-0.2, 0) is 23.9 Å². The van der Waals surface area contributed by atoms with E-state index in [0.29, 0.717) is 37.0 Å². The van der Waals surface area contributed by atoms with Crippen LogP contribution >= 0.6 is 11.8 Å². The van der Waals surface area contributed by atoms with E-state index in [0.717, 1.165) is 64.2 Å². The minimum Gasteiger partial charge on any atom is -0.458 e. The van der Waals surface area contributed by atoms with E-state index in [1.54, 1.807) is 0 Å². The topological polar surface area (TPSA) is 77.5 Å². The van der Waals surface area contributed by atoms with Gasteiger partial charge in [-0.3, -0.25) is 19.2 Å². The van der Waals surface area contributed by atoms with Crippen molar-refractivity contribution in [2.24, 2.45) is 34.5 Å². The maximum absolute atomic E-state index is 13.4. The predicted molar refractivity (Wildman–Crippen MR) is 147 cm³/mol. The Morgan fingerprint density at radius 3 is 2.54 bits per heavy atom. The molecule has 0 aromatic heterocycles. The van der Waals surface area contributed by atoms with Crippen molar-refractivity contribution in [1.82, 2.24) is 0 Å². The van der Waals surface area contributed by atoms with Crippen molar-refractivity contribution in [2.75, 3.05) is 6.61 Å². The maximum Gasteiger partial charge on any atom is 0.306 e. The van der Waals surface area contributed by atoms with Crippen LogP contribution in [0.15, 0.2) is 11.6 Å². The Balaban J connectivity index is 1.50. The number of Topliss-reactive ketones (excluding diaryl/α,β-unsaturated/α-hetero) is 1. The zero-order valence-electron chi connectivity index (χ0n) is 23.3. The second kappa shape index (κ2) is 11.8. The Labute approximate surface area is 227 Å². The lowest BCUT2D eigenvalue weighted by Gasteiger charge is -2.60. The summed E-state index contributed by atoms with van der Waals surface area (Å²) in [6, 6.07) is 0. The highest BCUT2D eigenvalue weighted by Crippen LogP contribution is 2.68. The first kappa shape index (κ1) is 28.6. The van der Waals surface area contributed by atoms with Crippen molar-refractivity contribution >= 4 is 34.4 Å². The van der Waals surface area contributed by atoms with Crippen molar-refractivity contribution in [3.8, 4) is 0 Å². The Morgan fingerprint density at radius 1 is 1.03 bits per heavy atom. The summed E-state index contributed by atoms with van der Waals surface area (Å²) in [7, 11) is 0. The molecule has 4 aliphatic rings. The fourth-order valence-corrected chi connectivity index (χ4v) is 9.73.